The lowest BCUT2D eigenvalue weighted by Gasteiger charge is -2.06. The van der Waals surface area contributed by atoms with Crippen molar-refractivity contribution in [3.63, 3.8) is 0 Å². The number of aromatic nitrogens is 6. The number of hydrogen-bond donors (Lipinski definition) is 1. The molecule has 0 amide bonds. The van der Waals surface area contributed by atoms with Gasteiger partial charge in [-0.1, -0.05) is 5.16 Å². The van der Waals surface area contributed by atoms with Crippen molar-refractivity contribution in [3.8, 4) is 22.8 Å². The smallest absolute Gasteiger partial charge is 0.261 e. The van der Waals surface area contributed by atoms with Crippen molar-refractivity contribution in [2.24, 2.45) is 0 Å². The quantitative estimate of drug-likeness (QED) is 0.566. The lowest BCUT2D eigenvalue weighted by atomic mass is 10.2. The van der Waals surface area contributed by atoms with E-state index >= 15 is 0 Å². The van der Waals surface area contributed by atoms with E-state index in [1.165, 1.54) is 0 Å². The van der Waals surface area contributed by atoms with Crippen LogP contribution >= 0.6 is 0 Å². The number of tetrazole rings is 1. The van der Waals surface area contributed by atoms with Gasteiger partial charge < -0.3 is 14.3 Å². The Bertz CT molecular complexity index is 1000. The molecule has 0 spiro atoms. The fourth-order valence-corrected chi connectivity index (χ4v) is 2.70. The van der Waals surface area contributed by atoms with E-state index in [-0.39, 0.29) is 0 Å². The third kappa shape index (κ3) is 2.83. The second-order valence-corrected chi connectivity index (χ2v) is 6.14. The van der Waals surface area contributed by atoms with Gasteiger partial charge >= 0.3 is 0 Å². The summed E-state index contributed by atoms with van der Waals surface area (Å²) in [5, 5.41) is 19.3. The van der Waals surface area contributed by atoms with E-state index < -0.39 is 0 Å². The van der Waals surface area contributed by atoms with Crippen LogP contribution in [0.2, 0.25) is 0 Å². The molecule has 130 valence electrons. The van der Waals surface area contributed by atoms with E-state index in [9.17, 15) is 0 Å². The predicted molar refractivity (Wildman–Crippen MR) is 90.9 cm³/mol. The van der Waals surface area contributed by atoms with E-state index in [2.05, 4.69) is 31.0 Å². The van der Waals surface area contributed by atoms with Gasteiger partial charge in [-0.05, 0) is 53.6 Å². The van der Waals surface area contributed by atoms with E-state index in [0.717, 1.165) is 35.5 Å². The standard InChI is InChI=1S/C17H15N7O2/c1-3-13(4-2-11(1)16-20-22-23-24(16)14-5-6-14)18-9-15-19-17(26-21-15)12-7-8-25-10-12/h1-4,7-8,10,14,18H,5-6,9H2. The molecule has 4 aromatic rings. The number of benzene rings is 1. The van der Waals surface area contributed by atoms with Gasteiger partial charge in [-0.15, -0.1) is 5.10 Å². The average Bonchev–Trinajstić information content (AvgIpc) is 3.13. The minimum absolute atomic E-state index is 0.442. The van der Waals surface area contributed by atoms with Gasteiger partial charge in [-0.25, -0.2) is 4.68 Å². The molecule has 9 nitrogen and oxygen atoms in total. The number of nitrogens with zero attached hydrogens (tertiary/aromatic N) is 6. The van der Waals surface area contributed by atoms with E-state index in [1.807, 2.05) is 28.9 Å². The molecule has 0 unspecified atom stereocenters. The van der Waals surface area contributed by atoms with Gasteiger partial charge in [0.15, 0.2) is 11.6 Å². The van der Waals surface area contributed by atoms with E-state index in [1.54, 1.807) is 18.6 Å². The Morgan fingerprint density at radius 3 is 2.77 bits per heavy atom. The zero-order valence-electron chi connectivity index (χ0n) is 13.7. The molecule has 1 saturated carbocycles. The molecule has 0 aliphatic heterocycles. The maximum Gasteiger partial charge on any atom is 0.261 e. The lowest BCUT2D eigenvalue weighted by Crippen LogP contribution is -2.02. The Balaban J connectivity index is 1.26. The Morgan fingerprint density at radius 1 is 1.12 bits per heavy atom. The monoisotopic (exact) mass is 349 g/mol. The SMILES string of the molecule is c1cc(-c2nc(CNc3ccc(-c4nnnn4C4CC4)cc3)no2)co1. The van der Waals surface area contributed by atoms with Gasteiger partial charge in [-0.3, -0.25) is 0 Å². The molecule has 1 N–H and O–H groups in total. The Kier molecular flexibility index (Phi) is 3.48. The number of furan rings is 1. The molecule has 3 heterocycles. The first kappa shape index (κ1) is 14.8. The maximum atomic E-state index is 5.22. The van der Waals surface area contributed by atoms with Crippen LogP contribution in [0.15, 0.2) is 51.8 Å². The van der Waals surface area contributed by atoms with Crippen molar-refractivity contribution in [1.82, 2.24) is 30.3 Å². The molecule has 0 saturated heterocycles. The average molecular weight is 349 g/mol. The molecule has 1 aliphatic rings. The number of hydrogen-bond acceptors (Lipinski definition) is 8. The van der Waals surface area contributed by atoms with Gasteiger partial charge in [0.25, 0.3) is 5.89 Å². The Labute approximate surface area is 148 Å². The molecule has 0 atom stereocenters. The molecular weight excluding hydrogens is 334 g/mol. The summed E-state index contributed by atoms with van der Waals surface area (Å²) in [5.41, 5.74) is 2.71. The van der Waals surface area contributed by atoms with Crippen LogP contribution in [0.25, 0.3) is 22.8 Å². The second-order valence-electron chi connectivity index (χ2n) is 6.14. The number of rotatable bonds is 6. The second kappa shape index (κ2) is 6.10. The lowest BCUT2D eigenvalue weighted by molar-refractivity contribution is 0.423. The van der Waals surface area contributed by atoms with Gasteiger partial charge in [0, 0.05) is 11.3 Å². The van der Waals surface area contributed by atoms with Crippen molar-refractivity contribution in [1.29, 1.82) is 0 Å². The van der Waals surface area contributed by atoms with Crippen LogP contribution < -0.4 is 5.32 Å². The molecule has 1 aliphatic carbocycles. The highest BCUT2D eigenvalue weighted by Gasteiger charge is 2.28. The summed E-state index contributed by atoms with van der Waals surface area (Å²) in [6.45, 7) is 0.459. The summed E-state index contributed by atoms with van der Waals surface area (Å²) in [6, 6.07) is 10.2. The third-order valence-electron chi connectivity index (χ3n) is 4.22. The van der Waals surface area contributed by atoms with Gasteiger partial charge in [0.05, 0.1) is 24.4 Å². The molecule has 0 radical (unpaired) electrons. The van der Waals surface area contributed by atoms with Crippen molar-refractivity contribution in [2.75, 3.05) is 5.32 Å². The maximum absolute atomic E-state index is 5.22. The van der Waals surface area contributed by atoms with Crippen molar-refractivity contribution >= 4 is 5.69 Å². The summed E-state index contributed by atoms with van der Waals surface area (Å²) >= 11 is 0. The zero-order valence-corrected chi connectivity index (χ0v) is 13.7. The molecule has 5 rings (SSSR count). The summed E-state index contributed by atoms with van der Waals surface area (Å²) in [6.07, 6.45) is 5.42. The summed E-state index contributed by atoms with van der Waals surface area (Å²) in [4.78, 5) is 4.33. The van der Waals surface area contributed by atoms with Crippen LogP contribution in [-0.2, 0) is 6.54 Å². The summed E-state index contributed by atoms with van der Waals surface area (Å²) < 4.78 is 12.1. The zero-order chi connectivity index (χ0) is 17.3. The fourth-order valence-electron chi connectivity index (χ4n) is 2.70. The van der Waals surface area contributed by atoms with Crippen LogP contribution in [0.5, 0.6) is 0 Å². The minimum Gasteiger partial charge on any atom is -0.472 e. The normalized spacial score (nSPS) is 13.8. The Morgan fingerprint density at radius 2 is 2.00 bits per heavy atom. The largest absolute Gasteiger partial charge is 0.472 e. The van der Waals surface area contributed by atoms with Crippen molar-refractivity contribution in [3.05, 3.63) is 48.7 Å². The van der Waals surface area contributed by atoms with Crippen LogP contribution in [0.1, 0.15) is 24.7 Å². The topological polar surface area (TPSA) is 108 Å². The Hall–Kier alpha value is -3.49. The van der Waals surface area contributed by atoms with E-state index in [0.29, 0.717) is 24.3 Å². The van der Waals surface area contributed by atoms with Crippen molar-refractivity contribution < 1.29 is 8.94 Å². The summed E-state index contributed by atoms with van der Waals surface area (Å²) in [5.74, 6) is 1.82. The molecule has 0 bridgehead atoms. The molecule has 3 aromatic heterocycles. The van der Waals surface area contributed by atoms with E-state index in [4.69, 9.17) is 8.94 Å². The highest BCUT2D eigenvalue weighted by Crippen LogP contribution is 2.36. The predicted octanol–water partition coefficient (Wildman–Crippen LogP) is 2.93. The van der Waals surface area contributed by atoms with Crippen LogP contribution in [0.3, 0.4) is 0 Å². The molecule has 9 heteroatoms. The first-order valence-electron chi connectivity index (χ1n) is 8.34. The highest BCUT2D eigenvalue weighted by molar-refractivity contribution is 5.59. The molecular formula is C17H15N7O2. The number of nitrogens with one attached hydrogen (secondary N) is 1. The fraction of sp³-hybridized carbons (Fsp3) is 0.235. The van der Waals surface area contributed by atoms with Gasteiger partial charge in [0.1, 0.15) is 6.26 Å². The third-order valence-corrected chi connectivity index (χ3v) is 4.22. The van der Waals surface area contributed by atoms with Crippen LogP contribution in [0.4, 0.5) is 5.69 Å². The molecule has 1 aromatic carbocycles. The summed E-state index contributed by atoms with van der Waals surface area (Å²) in [7, 11) is 0. The minimum atomic E-state index is 0.442. The van der Waals surface area contributed by atoms with Gasteiger partial charge in [0.2, 0.25) is 0 Å². The van der Waals surface area contributed by atoms with Gasteiger partial charge in [-0.2, -0.15) is 4.98 Å². The van der Waals surface area contributed by atoms with Crippen molar-refractivity contribution in [2.45, 2.75) is 25.4 Å². The first-order chi connectivity index (χ1) is 12.9. The number of anilines is 1. The van der Waals surface area contributed by atoms with Crippen LogP contribution in [-0.4, -0.2) is 30.3 Å². The molecule has 26 heavy (non-hydrogen) atoms. The van der Waals surface area contributed by atoms with Crippen LogP contribution in [0, 0.1) is 0 Å². The highest BCUT2D eigenvalue weighted by atomic mass is 16.5. The first-order valence-corrected chi connectivity index (χ1v) is 8.34. The molecule has 1 fully saturated rings.